The molecule has 1 aliphatic carbocycles. The fourth-order valence-electron chi connectivity index (χ4n) is 1.77. The van der Waals surface area contributed by atoms with E-state index in [1.165, 1.54) is 25.0 Å². The first-order chi connectivity index (χ1) is 7.97. The van der Waals surface area contributed by atoms with Gasteiger partial charge in [-0.05, 0) is 30.4 Å². The van der Waals surface area contributed by atoms with Crippen LogP contribution in [-0.2, 0) is 6.18 Å². The molecule has 17 heavy (non-hydrogen) atoms. The topological polar surface area (TPSA) is 12.0 Å². The average molecular weight is 243 g/mol. The molecule has 1 fully saturated rings. The van der Waals surface area contributed by atoms with Gasteiger partial charge in [-0.25, -0.2) is 0 Å². The van der Waals surface area contributed by atoms with Gasteiger partial charge >= 0.3 is 6.18 Å². The second kappa shape index (κ2) is 4.69. The number of hydrogen-bond donors (Lipinski definition) is 1. The van der Waals surface area contributed by atoms with E-state index < -0.39 is 11.7 Å². The maximum atomic E-state index is 12.5. The largest absolute Gasteiger partial charge is 0.416 e. The molecule has 0 heterocycles. The first-order valence-electron chi connectivity index (χ1n) is 5.87. The SMILES string of the molecule is CC(CNC1CC1)c1cccc(C(F)(F)F)c1. The molecule has 1 saturated carbocycles. The highest BCUT2D eigenvalue weighted by Gasteiger charge is 2.30. The Hall–Kier alpha value is -1.03. The van der Waals surface area contributed by atoms with Gasteiger partial charge in [-0.15, -0.1) is 0 Å². The van der Waals surface area contributed by atoms with Crippen LogP contribution in [0.25, 0.3) is 0 Å². The Morgan fingerprint density at radius 1 is 1.35 bits per heavy atom. The zero-order chi connectivity index (χ0) is 12.5. The van der Waals surface area contributed by atoms with Gasteiger partial charge in [-0.3, -0.25) is 0 Å². The lowest BCUT2D eigenvalue weighted by atomic mass is 9.99. The van der Waals surface area contributed by atoms with Crippen molar-refractivity contribution >= 4 is 0 Å². The van der Waals surface area contributed by atoms with Crippen molar-refractivity contribution in [3.63, 3.8) is 0 Å². The van der Waals surface area contributed by atoms with E-state index in [0.717, 1.165) is 18.2 Å². The number of hydrogen-bond acceptors (Lipinski definition) is 1. The maximum absolute atomic E-state index is 12.5. The van der Waals surface area contributed by atoms with E-state index in [0.29, 0.717) is 6.04 Å². The lowest BCUT2D eigenvalue weighted by Gasteiger charge is -2.15. The number of benzene rings is 1. The molecule has 1 atom stereocenters. The summed E-state index contributed by atoms with van der Waals surface area (Å²) in [5.74, 6) is 0.109. The molecule has 1 aromatic carbocycles. The summed E-state index contributed by atoms with van der Waals surface area (Å²) in [6.07, 6.45) is -1.87. The molecular formula is C13H16F3N. The summed E-state index contributed by atoms with van der Waals surface area (Å²) in [7, 11) is 0. The monoisotopic (exact) mass is 243 g/mol. The predicted molar refractivity (Wildman–Crippen MR) is 60.9 cm³/mol. The molecule has 0 saturated heterocycles. The highest BCUT2D eigenvalue weighted by atomic mass is 19.4. The summed E-state index contributed by atoms with van der Waals surface area (Å²) in [5, 5.41) is 3.33. The van der Waals surface area contributed by atoms with E-state index in [-0.39, 0.29) is 5.92 Å². The van der Waals surface area contributed by atoms with E-state index in [1.54, 1.807) is 6.07 Å². The predicted octanol–water partition coefficient (Wildman–Crippen LogP) is 3.56. The molecule has 2 rings (SSSR count). The van der Waals surface area contributed by atoms with Crippen molar-refractivity contribution in [1.82, 2.24) is 5.32 Å². The fourth-order valence-corrected chi connectivity index (χ4v) is 1.77. The number of halogens is 3. The van der Waals surface area contributed by atoms with Crippen LogP contribution in [-0.4, -0.2) is 12.6 Å². The Balaban J connectivity index is 2.03. The molecular weight excluding hydrogens is 227 g/mol. The van der Waals surface area contributed by atoms with Gasteiger partial charge in [-0.2, -0.15) is 13.2 Å². The van der Waals surface area contributed by atoms with E-state index >= 15 is 0 Å². The lowest BCUT2D eigenvalue weighted by molar-refractivity contribution is -0.137. The normalized spacial score (nSPS) is 18.1. The Morgan fingerprint density at radius 2 is 2.06 bits per heavy atom. The van der Waals surface area contributed by atoms with Gasteiger partial charge in [0, 0.05) is 12.6 Å². The third-order valence-electron chi connectivity index (χ3n) is 3.07. The smallest absolute Gasteiger partial charge is 0.313 e. The fraction of sp³-hybridized carbons (Fsp3) is 0.538. The van der Waals surface area contributed by atoms with Crippen molar-refractivity contribution in [2.45, 2.75) is 37.9 Å². The quantitative estimate of drug-likeness (QED) is 0.852. The average Bonchev–Trinajstić information content (AvgIpc) is 3.09. The second-order valence-corrected chi connectivity index (χ2v) is 4.71. The Labute approximate surface area is 99.0 Å². The molecule has 94 valence electrons. The number of rotatable bonds is 4. The first kappa shape index (κ1) is 12.4. The molecule has 0 spiro atoms. The first-order valence-corrected chi connectivity index (χ1v) is 5.87. The van der Waals surface area contributed by atoms with Crippen LogP contribution in [0.5, 0.6) is 0 Å². The summed E-state index contributed by atoms with van der Waals surface area (Å²) in [6, 6.07) is 6.19. The van der Waals surface area contributed by atoms with Gasteiger partial charge in [0.1, 0.15) is 0 Å². The molecule has 1 aromatic rings. The summed E-state index contributed by atoms with van der Waals surface area (Å²) < 4.78 is 37.6. The zero-order valence-electron chi connectivity index (χ0n) is 9.72. The van der Waals surface area contributed by atoms with E-state index in [4.69, 9.17) is 0 Å². The van der Waals surface area contributed by atoms with Gasteiger partial charge in [0.25, 0.3) is 0 Å². The third-order valence-corrected chi connectivity index (χ3v) is 3.07. The zero-order valence-corrected chi connectivity index (χ0v) is 9.72. The standard InChI is InChI=1S/C13H16F3N/c1-9(8-17-12-5-6-12)10-3-2-4-11(7-10)13(14,15)16/h2-4,7,9,12,17H,5-6,8H2,1H3. The minimum absolute atomic E-state index is 0.109. The Morgan fingerprint density at radius 3 is 2.65 bits per heavy atom. The third kappa shape index (κ3) is 3.46. The van der Waals surface area contributed by atoms with Crippen molar-refractivity contribution in [3.05, 3.63) is 35.4 Å². The maximum Gasteiger partial charge on any atom is 0.416 e. The van der Waals surface area contributed by atoms with Crippen LogP contribution in [0.1, 0.15) is 36.8 Å². The lowest BCUT2D eigenvalue weighted by Crippen LogP contribution is -2.22. The van der Waals surface area contributed by atoms with Crippen molar-refractivity contribution in [2.24, 2.45) is 0 Å². The summed E-state index contributed by atoms with van der Waals surface area (Å²) >= 11 is 0. The molecule has 4 heteroatoms. The molecule has 0 bridgehead atoms. The molecule has 1 aliphatic rings. The molecule has 1 unspecified atom stereocenters. The van der Waals surface area contributed by atoms with Crippen LogP contribution < -0.4 is 5.32 Å². The molecule has 0 radical (unpaired) electrons. The molecule has 1 N–H and O–H groups in total. The minimum atomic E-state index is -4.25. The van der Waals surface area contributed by atoms with Crippen LogP contribution in [0.15, 0.2) is 24.3 Å². The van der Waals surface area contributed by atoms with Crippen molar-refractivity contribution in [1.29, 1.82) is 0 Å². The van der Waals surface area contributed by atoms with Crippen molar-refractivity contribution in [3.8, 4) is 0 Å². The number of alkyl halides is 3. The summed E-state index contributed by atoms with van der Waals surface area (Å²) in [6.45, 7) is 2.69. The van der Waals surface area contributed by atoms with Gasteiger partial charge in [0.05, 0.1) is 5.56 Å². The molecule has 0 aromatic heterocycles. The van der Waals surface area contributed by atoms with Crippen molar-refractivity contribution < 1.29 is 13.2 Å². The molecule has 0 aliphatic heterocycles. The Bertz CT molecular complexity index is 382. The van der Waals surface area contributed by atoms with Crippen LogP contribution in [0.3, 0.4) is 0 Å². The number of nitrogens with one attached hydrogen (secondary N) is 1. The van der Waals surface area contributed by atoms with Gasteiger partial charge in [-0.1, -0.05) is 25.1 Å². The summed E-state index contributed by atoms with van der Waals surface area (Å²) in [5.41, 5.74) is 0.182. The Kier molecular flexibility index (Phi) is 3.43. The van der Waals surface area contributed by atoms with Gasteiger partial charge in [0.15, 0.2) is 0 Å². The van der Waals surface area contributed by atoms with E-state index in [9.17, 15) is 13.2 Å². The van der Waals surface area contributed by atoms with E-state index in [1.807, 2.05) is 6.92 Å². The molecule has 0 amide bonds. The highest BCUT2D eigenvalue weighted by molar-refractivity contribution is 5.28. The van der Waals surface area contributed by atoms with E-state index in [2.05, 4.69) is 5.32 Å². The van der Waals surface area contributed by atoms with Crippen LogP contribution in [0.4, 0.5) is 13.2 Å². The van der Waals surface area contributed by atoms with Gasteiger partial charge in [0.2, 0.25) is 0 Å². The summed E-state index contributed by atoms with van der Waals surface area (Å²) in [4.78, 5) is 0. The van der Waals surface area contributed by atoms with Crippen LogP contribution >= 0.6 is 0 Å². The van der Waals surface area contributed by atoms with Crippen LogP contribution in [0, 0.1) is 0 Å². The minimum Gasteiger partial charge on any atom is -0.313 e. The molecule has 1 nitrogen and oxygen atoms in total. The van der Waals surface area contributed by atoms with Crippen molar-refractivity contribution in [2.75, 3.05) is 6.54 Å². The van der Waals surface area contributed by atoms with Crippen LogP contribution in [0.2, 0.25) is 0 Å². The second-order valence-electron chi connectivity index (χ2n) is 4.71. The highest BCUT2D eigenvalue weighted by Crippen LogP contribution is 2.31. The van der Waals surface area contributed by atoms with Gasteiger partial charge < -0.3 is 5.32 Å².